The van der Waals surface area contributed by atoms with Crippen molar-refractivity contribution in [1.82, 2.24) is 14.5 Å². The molecule has 24 heavy (non-hydrogen) atoms. The monoisotopic (exact) mass is 427 g/mol. The van der Waals surface area contributed by atoms with Crippen molar-refractivity contribution in [3.05, 3.63) is 50.6 Å². The predicted molar refractivity (Wildman–Crippen MR) is 105 cm³/mol. The largest absolute Gasteiger partial charge is 0.622 e. The van der Waals surface area contributed by atoms with E-state index in [-0.39, 0.29) is 0 Å². The van der Waals surface area contributed by atoms with Crippen LogP contribution in [0, 0.1) is 5.21 Å². The standard InChI is InChI=1S/C16H18BrN3O2S2/c1-3-11-5-4-6-12(7-11)15(23)22-14-9-19(2)10-20(14,21)16-18-8-13(17)24-16/h4-8,14H,3,9-10H2,1-2H3. The van der Waals surface area contributed by atoms with E-state index in [0.29, 0.717) is 23.4 Å². The summed E-state index contributed by atoms with van der Waals surface area (Å²) in [6.07, 6.45) is 1.96. The van der Waals surface area contributed by atoms with Gasteiger partial charge in [-0.2, -0.15) is 4.98 Å². The molecule has 128 valence electrons. The molecule has 1 aromatic heterocycles. The predicted octanol–water partition coefficient (Wildman–Crippen LogP) is 3.89. The first kappa shape index (κ1) is 17.9. The Morgan fingerprint density at radius 2 is 2.38 bits per heavy atom. The Morgan fingerprint density at radius 3 is 3.04 bits per heavy atom. The molecule has 8 heteroatoms. The molecule has 1 aliphatic rings. The van der Waals surface area contributed by atoms with Gasteiger partial charge >= 0.3 is 0 Å². The van der Waals surface area contributed by atoms with E-state index in [9.17, 15) is 5.21 Å². The van der Waals surface area contributed by atoms with Crippen LogP contribution in [0.5, 0.6) is 0 Å². The third-order valence-corrected chi connectivity index (χ3v) is 5.91. The van der Waals surface area contributed by atoms with Crippen LogP contribution >= 0.6 is 39.5 Å². The fourth-order valence-electron chi connectivity index (χ4n) is 2.74. The molecule has 0 spiro atoms. The summed E-state index contributed by atoms with van der Waals surface area (Å²) in [7, 11) is 1.90. The SMILES string of the molecule is CCc1cccc(C(=S)OC2CN(C)C[N+]2([O-])c2ncc(Br)s2)c1. The summed E-state index contributed by atoms with van der Waals surface area (Å²) in [5.41, 5.74) is 2.03. The van der Waals surface area contributed by atoms with Crippen LogP contribution in [-0.4, -0.2) is 41.4 Å². The molecular formula is C16H18BrN3O2S2. The summed E-state index contributed by atoms with van der Waals surface area (Å²) in [6, 6.07) is 7.94. The third-order valence-electron chi connectivity index (χ3n) is 3.99. The zero-order valence-corrected chi connectivity index (χ0v) is 16.7. The minimum absolute atomic E-state index is 0.294. The molecule has 1 fully saturated rings. The van der Waals surface area contributed by atoms with Gasteiger partial charge in [-0.15, -0.1) is 0 Å². The normalized spacial score (nSPS) is 24.2. The maximum Gasteiger partial charge on any atom is 0.291 e. The summed E-state index contributed by atoms with van der Waals surface area (Å²) in [6.45, 7) is 2.89. The Bertz CT molecular complexity index is 754. The summed E-state index contributed by atoms with van der Waals surface area (Å²) < 4.78 is 6.14. The van der Waals surface area contributed by atoms with Crippen LogP contribution in [0.25, 0.3) is 0 Å². The Labute approximate surface area is 159 Å². The van der Waals surface area contributed by atoms with Gasteiger partial charge in [0.25, 0.3) is 11.4 Å². The molecule has 0 bridgehead atoms. The van der Waals surface area contributed by atoms with E-state index in [1.54, 1.807) is 6.20 Å². The molecule has 2 atom stereocenters. The lowest BCUT2D eigenvalue weighted by atomic mass is 10.1. The van der Waals surface area contributed by atoms with Gasteiger partial charge in [-0.1, -0.05) is 25.1 Å². The van der Waals surface area contributed by atoms with E-state index >= 15 is 0 Å². The van der Waals surface area contributed by atoms with Crippen molar-refractivity contribution in [2.75, 3.05) is 20.3 Å². The smallest absolute Gasteiger partial charge is 0.291 e. The second kappa shape index (κ2) is 7.15. The summed E-state index contributed by atoms with van der Waals surface area (Å²) in [5, 5.41) is 14.2. The average Bonchev–Trinajstić information content (AvgIpc) is 3.12. The molecule has 2 heterocycles. The van der Waals surface area contributed by atoms with Crippen molar-refractivity contribution in [1.29, 1.82) is 0 Å². The Hall–Kier alpha value is -0.900. The molecule has 0 amide bonds. The summed E-state index contributed by atoms with van der Waals surface area (Å²) >= 11 is 10.1. The number of aromatic nitrogens is 1. The van der Waals surface area contributed by atoms with Gasteiger partial charge in [-0.25, -0.2) is 4.90 Å². The number of thiazole rings is 1. The molecule has 0 aliphatic carbocycles. The first-order chi connectivity index (χ1) is 11.4. The number of thiocarbonyl (C=S) groups is 1. The van der Waals surface area contributed by atoms with Crippen LogP contribution < -0.4 is 4.65 Å². The van der Waals surface area contributed by atoms with Crippen molar-refractivity contribution >= 4 is 49.7 Å². The van der Waals surface area contributed by atoms with Gasteiger partial charge < -0.3 is 9.94 Å². The van der Waals surface area contributed by atoms with Crippen molar-refractivity contribution in [2.24, 2.45) is 0 Å². The fourth-order valence-corrected chi connectivity index (χ4v) is 4.23. The highest BCUT2D eigenvalue weighted by Crippen LogP contribution is 2.36. The minimum atomic E-state index is -0.639. The van der Waals surface area contributed by atoms with Gasteiger partial charge in [0.15, 0.2) is 5.05 Å². The second-order valence-corrected chi connectivity index (χ2v) is 8.60. The first-order valence-electron chi connectivity index (χ1n) is 7.61. The van der Waals surface area contributed by atoms with Crippen LogP contribution in [0.1, 0.15) is 18.1 Å². The lowest BCUT2D eigenvalue weighted by Gasteiger charge is -2.39. The third kappa shape index (κ3) is 3.54. The number of nitrogens with zero attached hydrogens (tertiary/aromatic N) is 3. The number of ether oxygens (including phenoxy) is 1. The molecule has 5 nitrogen and oxygen atoms in total. The molecule has 0 saturated carbocycles. The number of likely N-dealkylation sites (N-methyl/N-ethyl adjacent to an activating group) is 1. The van der Waals surface area contributed by atoms with E-state index in [1.807, 2.05) is 30.1 Å². The van der Waals surface area contributed by atoms with Crippen molar-refractivity contribution in [3.63, 3.8) is 0 Å². The zero-order valence-electron chi connectivity index (χ0n) is 13.4. The van der Waals surface area contributed by atoms with Crippen LogP contribution in [0.3, 0.4) is 0 Å². The van der Waals surface area contributed by atoms with Crippen LogP contribution in [0.2, 0.25) is 0 Å². The number of hydrogen-bond donors (Lipinski definition) is 0. The highest BCUT2D eigenvalue weighted by atomic mass is 79.9. The second-order valence-electron chi connectivity index (χ2n) is 5.84. The first-order valence-corrected chi connectivity index (χ1v) is 9.63. The number of quaternary nitrogens is 1. The Balaban J connectivity index is 1.83. The number of rotatable bonds is 4. The van der Waals surface area contributed by atoms with Crippen LogP contribution in [0.15, 0.2) is 34.2 Å². The van der Waals surface area contributed by atoms with Gasteiger partial charge in [0.05, 0.1) is 16.5 Å². The quantitative estimate of drug-likeness (QED) is 0.420. The molecule has 2 unspecified atom stereocenters. The Morgan fingerprint density at radius 1 is 1.58 bits per heavy atom. The molecule has 1 saturated heterocycles. The Kier molecular flexibility index (Phi) is 5.33. The van der Waals surface area contributed by atoms with Gasteiger partial charge in [-0.05, 0) is 64.6 Å². The highest BCUT2D eigenvalue weighted by Gasteiger charge is 2.44. The lowest BCUT2D eigenvalue weighted by molar-refractivity contribution is 0.102. The van der Waals surface area contributed by atoms with Crippen molar-refractivity contribution < 1.29 is 4.74 Å². The van der Waals surface area contributed by atoms with Crippen molar-refractivity contribution in [2.45, 2.75) is 19.6 Å². The minimum Gasteiger partial charge on any atom is -0.622 e. The van der Waals surface area contributed by atoms with E-state index in [1.165, 1.54) is 16.9 Å². The van der Waals surface area contributed by atoms with Crippen molar-refractivity contribution in [3.8, 4) is 0 Å². The van der Waals surface area contributed by atoms with Crippen LogP contribution in [-0.2, 0) is 11.2 Å². The molecule has 0 radical (unpaired) electrons. The molecule has 1 aromatic carbocycles. The number of halogens is 1. The molecule has 1 aliphatic heterocycles. The van der Waals surface area contributed by atoms with Gasteiger partial charge in [0, 0.05) is 5.56 Å². The maximum absolute atomic E-state index is 13.4. The van der Waals surface area contributed by atoms with E-state index in [0.717, 1.165) is 15.8 Å². The van der Waals surface area contributed by atoms with Gasteiger partial charge in [-0.3, -0.25) is 4.65 Å². The molecule has 0 N–H and O–H groups in total. The fraction of sp³-hybridized carbons (Fsp3) is 0.375. The molecule has 2 aromatic rings. The average molecular weight is 428 g/mol. The summed E-state index contributed by atoms with van der Waals surface area (Å²) in [5.74, 6) is 0. The van der Waals surface area contributed by atoms with E-state index in [4.69, 9.17) is 17.0 Å². The summed E-state index contributed by atoms with van der Waals surface area (Å²) in [4.78, 5) is 6.19. The van der Waals surface area contributed by atoms with E-state index in [2.05, 4.69) is 33.9 Å². The topological polar surface area (TPSA) is 48.4 Å². The lowest BCUT2D eigenvalue weighted by Crippen LogP contribution is -2.50. The zero-order chi connectivity index (χ0) is 17.3. The molecular weight excluding hydrogens is 410 g/mol. The van der Waals surface area contributed by atoms with E-state index < -0.39 is 10.9 Å². The molecule has 3 rings (SSSR count). The van der Waals surface area contributed by atoms with Gasteiger partial charge in [0.1, 0.15) is 6.67 Å². The van der Waals surface area contributed by atoms with Gasteiger partial charge in [0.2, 0.25) is 0 Å². The maximum atomic E-state index is 13.4. The number of hydrogen-bond acceptors (Lipinski definition) is 6. The highest BCUT2D eigenvalue weighted by molar-refractivity contribution is 9.11. The number of benzene rings is 1. The number of aryl methyl sites for hydroxylation is 1. The van der Waals surface area contributed by atoms with Crippen LogP contribution in [0.4, 0.5) is 5.13 Å². The number of hydroxylamine groups is 2.